The predicted octanol–water partition coefficient (Wildman–Crippen LogP) is 4.56. The van der Waals surface area contributed by atoms with Gasteiger partial charge in [-0.05, 0) is 58.0 Å². The van der Waals surface area contributed by atoms with E-state index in [1.54, 1.807) is 6.08 Å². The van der Waals surface area contributed by atoms with Crippen molar-refractivity contribution in [2.45, 2.75) is 33.1 Å². The molecule has 21 heavy (non-hydrogen) atoms. The van der Waals surface area contributed by atoms with Gasteiger partial charge in [-0.25, -0.2) is 4.79 Å². The fourth-order valence-corrected chi connectivity index (χ4v) is 3.34. The van der Waals surface area contributed by atoms with Crippen LogP contribution in [-0.4, -0.2) is 24.2 Å². The number of benzene rings is 1. The summed E-state index contributed by atoms with van der Waals surface area (Å²) in [5, 5.41) is 8.67. The Morgan fingerprint density at radius 1 is 1.43 bits per heavy atom. The summed E-state index contributed by atoms with van der Waals surface area (Å²) >= 11 is 3.61. The van der Waals surface area contributed by atoms with Crippen molar-refractivity contribution in [2.75, 3.05) is 18.0 Å². The van der Waals surface area contributed by atoms with Crippen LogP contribution >= 0.6 is 15.9 Å². The molecule has 0 amide bonds. The zero-order valence-electron chi connectivity index (χ0n) is 12.6. The number of halogens is 1. The van der Waals surface area contributed by atoms with E-state index in [1.807, 2.05) is 12.1 Å². The van der Waals surface area contributed by atoms with E-state index in [0.29, 0.717) is 5.41 Å². The number of aliphatic carboxylic acids is 1. The molecule has 4 heteroatoms. The minimum absolute atomic E-state index is 0.479. The van der Waals surface area contributed by atoms with Gasteiger partial charge in [0.25, 0.3) is 0 Å². The predicted molar refractivity (Wildman–Crippen MR) is 90.7 cm³/mol. The van der Waals surface area contributed by atoms with Gasteiger partial charge < -0.3 is 10.0 Å². The molecule has 114 valence electrons. The zero-order valence-corrected chi connectivity index (χ0v) is 14.2. The van der Waals surface area contributed by atoms with Crippen molar-refractivity contribution in [3.05, 3.63) is 34.3 Å². The summed E-state index contributed by atoms with van der Waals surface area (Å²) in [6.07, 6.45) is 6.45. The van der Waals surface area contributed by atoms with E-state index in [1.165, 1.54) is 24.9 Å². The van der Waals surface area contributed by atoms with Crippen molar-refractivity contribution >= 4 is 33.7 Å². The summed E-state index contributed by atoms with van der Waals surface area (Å²) < 4.78 is 1.02. The normalized spacial score (nSPS) is 18.1. The molecule has 3 nitrogen and oxygen atoms in total. The second-order valence-electron chi connectivity index (χ2n) is 6.03. The van der Waals surface area contributed by atoms with E-state index < -0.39 is 5.97 Å². The van der Waals surface area contributed by atoms with E-state index in [2.05, 4.69) is 40.7 Å². The van der Waals surface area contributed by atoms with Crippen LogP contribution < -0.4 is 4.90 Å². The summed E-state index contributed by atoms with van der Waals surface area (Å²) in [5.74, 6) is -0.926. The molecule has 1 aliphatic rings. The molecule has 1 N–H and O–H groups in total. The van der Waals surface area contributed by atoms with Crippen LogP contribution in [0.1, 0.15) is 38.7 Å². The molecule has 1 aliphatic heterocycles. The molecular formula is C17H22BrNO2. The molecule has 1 aromatic carbocycles. The van der Waals surface area contributed by atoms with Gasteiger partial charge >= 0.3 is 5.97 Å². The third-order valence-electron chi connectivity index (χ3n) is 4.55. The van der Waals surface area contributed by atoms with Crippen LogP contribution in [0.3, 0.4) is 0 Å². The Hall–Kier alpha value is -1.29. The molecule has 0 saturated carbocycles. The van der Waals surface area contributed by atoms with Gasteiger partial charge in [0.15, 0.2) is 0 Å². The second kappa shape index (κ2) is 6.65. The lowest BCUT2D eigenvalue weighted by molar-refractivity contribution is -0.131. The van der Waals surface area contributed by atoms with Crippen molar-refractivity contribution in [3.63, 3.8) is 0 Å². The highest BCUT2D eigenvalue weighted by Crippen LogP contribution is 2.37. The first-order chi connectivity index (χ1) is 9.93. The average Bonchev–Trinajstić information content (AvgIpc) is 2.46. The standard InChI is InChI=1S/C17H22BrNO2/c1-3-17(2)8-10-19(11-9-17)15-6-4-13(12-14(15)18)5-7-16(20)21/h4-7,12H,3,8-11H2,1-2H3,(H,20,21)/b7-5+. The van der Waals surface area contributed by atoms with Gasteiger partial charge in [0, 0.05) is 23.6 Å². The lowest BCUT2D eigenvalue weighted by Crippen LogP contribution is -2.38. The third-order valence-corrected chi connectivity index (χ3v) is 5.19. The first-order valence-corrected chi connectivity index (χ1v) is 8.18. The maximum Gasteiger partial charge on any atom is 0.328 e. The first kappa shape index (κ1) is 16.1. The smallest absolute Gasteiger partial charge is 0.328 e. The Labute approximate surface area is 134 Å². The van der Waals surface area contributed by atoms with Crippen molar-refractivity contribution in [2.24, 2.45) is 5.41 Å². The maximum atomic E-state index is 10.6. The molecule has 1 saturated heterocycles. The van der Waals surface area contributed by atoms with Crippen LogP contribution in [0.2, 0.25) is 0 Å². The van der Waals surface area contributed by atoms with Crippen molar-refractivity contribution in [1.82, 2.24) is 0 Å². The molecule has 1 heterocycles. The second-order valence-corrected chi connectivity index (χ2v) is 6.89. The topological polar surface area (TPSA) is 40.5 Å². The van der Waals surface area contributed by atoms with Crippen molar-refractivity contribution in [3.8, 4) is 0 Å². The van der Waals surface area contributed by atoms with Gasteiger partial charge in [-0.3, -0.25) is 0 Å². The van der Waals surface area contributed by atoms with Crippen LogP contribution in [0.4, 0.5) is 5.69 Å². The fourth-order valence-electron chi connectivity index (χ4n) is 2.69. The highest BCUT2D eigenvalue weighted by molar-refractivity contribution is 9.10. The molecular weight excluding hydrogens is 330 g/mol. The van der Waals surface area contributed by atoms with Crippen LogP contribution in [-0.2, 0) is 4.79 Å². The van der Waals surface area contributed by atoms with Crippen molar-refractivity contribution in [1.29, 1.82) is 0 Å². The van der Waals surface area contributed by atoms with Crippen LogP contribution in [0.25, 0.3) is 6.08 Å². The van der Waals surface area contributed by atoms with Crippen molar-refractivity contribution < 1.29 is 9.90 Å². The first-order valence-electron chi connectivity index (χ1n) is 7.39. The number of carbonyl (C=O) groups is 1. The number of rotatable bonds is 4. The Morgan fingerprint density at radius 2 is 2.10 bits per heavy atom. The van der Waals surface area contributed by atoms with E-state index >= 15 is 0 Å². The van der Waals surface area contributed by atoms with Gasteiger partial charge in [0.2, 0.25) is 0 Å². The van der Waals surface area contributed by atoms with Gasteiger partial charge in [-0.15, -0.1) is 0 Å². The number of carboxylic acid groups (broad SMARTS) is 1. The van der Waals surface area contributed by atoms with E-state index in [0.717, 1.165) is 29.2 Å². The number of carboxylic acids is 1. The quantitative estimate of drug-likeness (QED) is 0.808. The van der Waals surface area contributed by atoms with Crippen LogP contribution in [0.5, 0.6) is 0 Å². The van der Waals surface area contributed by atoms with Crippen LogP contribution in [0.15, 0.2) is 28.7 Å². The SMILES string of the molecule is CCC1(C)CCN(c2ccc(/C=C/C(=O)O)cc2Br)CC1. The highest BCUT2D eigenvalue weighted by Gasteiger charge is 2.28. The zero-order chi connectivity index (χ0) is 15.5. The summed E-state index contributed by atoms with van der Waals surface area (Å²) in [6.45, 7) is 6.80. The molecule has 1 fully saturated rings. The molecule has 0 bridgehead atoms. The summed E-state index contributed by atoms with van der Waals surface area (Å²) in [6, 6.07) is 6.01. The number of hydrogen-bond donors (Lipinski definition) is 1. The number of hydrogen-bond acceptors (Lipinski definition) is 2. The van der Waals surface area contributed by atoms with E-state index in [9.17, 15) is 4.79 Å². The number of anilines is 1. The minimum atomic E-state index is -0.926. The summed E-state index contributed by atoms with van der Waals surface area (Å²) in [5.41, 5.74) is 2.57. The molecule has 0 spiro atoms. The number of piperidine rings is 1. The highest BCUT2D eigenvalue weighted by atomic mass is 79.9. The Kier molecular flexibility index (Phi) is 5.09. The molecule has 0 aromatic heterocycles. The molecule has 0 atom stereocenters. The number of nitrogens with zero attached hydrogens (tertiary/aromatic N) is 1. The van der Waals surface area contributed by atoms with Crippen LogP contribution in [0, 0.1) is 5.41 Å². The Morgan fingerprint density at radius 3 is 2.62 bits per heavy atom. The maximum absolute atomic E-state index is 10.6. The lowest BCUT2D eigenvalue weighted by Gasteiger charge is -2.40. The molecule has 1 aromatic rings. The lowest BCUT2D eigenvalue weighted by atomic mass is 9.78. The minimum Gasteiger partial charge on any atom is -0.478 e. The van der Waals surface area contributed by atoms with E-state index in [4.69, 9.17) is 5.11 Å². The largest absolute Gasteiger partial charge is 0.478 e. The van der Waals surface area contributed by atoms with Gasteiger partial charge in [0.05, 0.1) is 5.69 Å². The monoisotopic (exact) mass is 351 g/mol. The Balaban J connectivity index is 2.10. The van der Waals surface area contributed by atoms with Gasteiger partial charge in [0.1, 0.15) is 0 Å². The summed E-state index contributed by atoms with van der Waals surface area (Å²) in [7, 11) is 0. The molecule has 2 rings (SSSR count). The molecule has 0 radical (unpaired) electrons. The van der Waals surface area contributed by atoms with Gasteiger partial charge in [-0.2, -0.15) is 0 Å². The average molecular weight is 352 g/mol. The fraction of sp³-hybridized carbons (Fsp3) is 0.471. The molecule has 0 aliphatic carbocycles. The summed E-state index contributed by atoms with van der Waals surface area (Å²) in [4.78, 5) is 13.0. The third kappa shape index (κ3) is 4.10. The van der Waals surface area contributed by atoms with E-state index in [-0.39, 0.29) is 0 Å². The van der Waals surface area contributed by atoms with Gasteiger partial charge in [-0.1, -0.05) is 26.3 Å². The molecule has 0 unspecified atom stereocenters. The Bertz CT molecular complexity index is 546.